The Bertz CT molecular complexity index is 607. The lowest BCUT2D eigenvalue weighted by molar-refractivity contribution is 0.403. The molecule has 3 nitrogen and oxygen atoms in total. The highest BCUT2D eigenvalue weighted by Gasteiger charge is 2.26. The highest BCUT2D eigenvalue weighted by atomic mass is 16.3. The minimum absolute atomic E-state index is 0.0190. The SMILES string of the molecule is CNC1Cc2ccc(O)c(O)c2-c2ccccc21. The number of benzene rings is 2. The zero-order valence-electron chi connectivity index (χ0n) is 10.1. The normalized spacial score (nSPS) is 17.1. The first-order valence-corrected chi connectivity index (χ1v) is 6.02. The molecule has 0 aromatic heterocycles. The van der Waals surface area contributed by atoms with Crippen LogP contribution < -0.4 is 5.32 Å². The third kappa shape index (κ3) is 1.48. The summed E-state index contributed by atoms with van der Waals surface area (Å²) in [6.45, 7) is 0. The molecule has 0 saturated heterocycles. The summed E-state index contributed by atoms with van der Waals surface area (Å²) >= 11 is 0. The van der Waals surface area contributed by atoms with Gasteiger partial charge in [-0.2, -0.15) is 0 Å². The topological polar surface area (TPSA) is 52.5 Å². The summed E-state index contributed by atoms with van der Waals surface area (Å²) in [5.74, 6) is -0.0824. The van der Waals surface area contributed by atoms with Gasteiger partial charge in [0.2, 0.25) is 0 Å². The molecule has 3 heteroatoms. The minimum Gasteiger partial charge on any atom is -0.504 e. The van der Waals surface area contributed by atoms with Crippen LogP contribution in [0.4, 0.5) is 0 Å². The highest BCUT2D eigenvalue weighted by molar-refractivity contribution is 5.81. The number of fused-ring (bicyclic) bond motifs is 3. The summed E-state index contributed by atoms with van der Waals surface area (Å²) in [6.07, 6.45) is 0.816. The second-order valence-corrected chi connectivity index (χ2v) is 4.60. The smallest absolute Gasteiger partial charge is 0.165 e. The molecule has 1 atom stereocenters. The fraction of sp³-hybridized carbons (Fsp3) is 0.200. The molecular weight excluding hydrogens is 226 g/mol. The third-order valence-electron chi connectivity index (χ3n) is 3.62. The fourth-order valence-electron chi connectivity index (χ4n) is 2.71. The van der Waals surface area contributed by atoms with Crippen LogP contribution in [0.5, 0.6) is 11.5 Å². The molecule has 92 valence electrons. The van der Waals surface area contributed by atoms with Crippen LogP contribution in [-0.4, -0.2) is 17.3 Å². The summed E-state index contributed by atoms with van der Waals surface area (Å²) < 4.78 is 0. The molecule has 1 unspecified atom stereocenters. The summed E-state index contributed by atoms with van der Waals surface area (Å²) in [5, 5.41) is 23.0. The standard InChI is InChI=1S/C15H15NO2/c1-16-12-8-9-6-7-13(17)15(18)14(9)11-5-3-2-4-10(11)12/h2-7,12,16-18H,8H2,1H3. The maximum atomic E-state index is 10.1. The van der Waals surface area contributed by atoms with E-state index in [1.54, 1.807) is 6.07 Å². The Morgan fingerprint density at radius 1 is 1.11 bits per heavy atom. The van der Waals surface area contributed by atoms with Crippen LogP contribution in [-0.2, 0) is 6.42 Å². The molecule has 0 heterocycles. The summed E-state index contributed by atoms with van der Waals surface area (Å²) in [5.41, 5.74) is 3.97. The van der Waals surface area contributed by atoms with Gasteiger partial charge >= 0.3 is 0 Å². The second kappa shape index (κ2) is 4.03. The number of hydrogen-bond acceptors (Lipinski definition) is 3. The molecule has 0 saturated carbocycles. The van der Waals surface area contributed by atoms with Crippen molar-refractivity contribution in [2.75, 3.05) is 7.05 Å². The first-order chi connectivity index (χ1) is 8.72. The van der Waals surface area contributed by atoms with E-state index in [9.17, 15) is 10.2 Å². The zero-order chi connectivity index (χ0) is 12.7. The molecule has 0 aliphatic heterocycles. The van der Waals surface area contributed by atoms with Crippen molar-refractivity contribution in [2.45, 2.75) is 12.5 Å². The maximum absolute atomic E-state index is 10.1. The molecule has 1 aliphatic rings. The Morgan fingerprint density at radius 3 is 2.67 bits per heavy atom. The van der Waals surface area contributed by atoms with Gasteiger partial charge in [-0.1, -0.05) is 30.3 Å². The van der Waals surface area contributed by atoms with E-state index in [2.05, 4.69) is 11.4 Å². The number of phenolic OH excluding ortho intramolecular Hbond substituents is 2. The average Bonchev–Trinajstić information content (AvgIpc) is 2.41. The van der Waals surface area contributed by atoms with Crippen LogP contribution in [0.2, 0.25) is 0 Å². The second-order valence-electron chi connectivity index (χ2n) is 4.60. The molecular formula is C15H15NO2. The average molecular weight is 241 g/mol. The van der Waals surface area contributed by atoms with Crippen molar-refractivity contribution >= 4 is 0 Å². The first kappa shape index (κ1) is 11.1. The van der Waals surface area contributed by atoms with Crippen LogP contribution in [0.15, 0.2) is 36.4 Å². The van der Waals surface area contributed by atoms with Crippen molar-refractivity contribution in [3.63, 3.8) is 0 Å². The highest BCUT2D eigenvalue weighted by Crippen LogP contribution is 2.46. The monoisotopic (exact) mass is 241 g/mol. The number of nitrogens with one attached hydrogen (secondary N) is 1. The van der Waals surface area contributed by atoms with E-state index in [0.717, 1.165) is 28.7 Å². The van der Waals surface area contributed by atoms with Crippen LogP contribution in [0.3, 0.4) is 0 Å². The van der Waals surface area contributed by atoms with Gasteiger partial charge in [0.1, 0.15) is 0 Å². The van der Waals surface area contributed by atoms with Gasteiger partial charge in [-0.05, 0) is 36.2 Å². The third-order valence-corrected chi connectivity index (χ3v) is 3.62. The Morgan fingerprint density at radius 2 is 1.89 bits per heavy atom. The van der Waals surface area contributed by atoms with Crippen LogP contribution >= 0.6 is 0 Å². The molecule has 0 fully saturated rings. The van der Waals surface area contributed by atoms with Crippen molar-refractivity contribution in [2.24, 2.45) is 0 Å². The predicted molar refractivity (Wildman–Crippen MR) is 70.7 cm³/mol. The van der Waals surface area contributed by atoms with Crippen LogP contribution in [0, 0.1) is 0 Å². The number of hydrogen-bond donors (Lipinski definition) is 3. The van der Waals surface area contributed by atoms with Gasteiger partial charge in [0, 0.05) is 11.6 Å². The van der Waals surface area contributed by atoms with Crippen molar-refractivity contribution in [3.05, 3.63) is 47.5 Å². The van der Waals surface area contributed by atoms with Gasteiger partial charge in [0.15, 0.2) is 11.5 Å². The lowest BCUT2D eigenvalue weighted by Crippen LogP contribution is -2.22. The molecule has 1 aliphatic carbocycles. The Hall–Kier alpha value is -2.00. The number of aromatic hydroxyl groups is 2. The van der Waals surface area contributed by atoms with Crippen LogP contribution in [0.1, 0.15) is 17.2 Å². The first-order valence-electron chi connectivity index (χ1n) is 6.02. The van der Waals surface area contributed by atoms with E-state index in [0.29, 0.717) is 0 Å². The van der Waals surface area contributed by atoms with Crippen molar-refractivity contribution in [3.8, 4) is 22.6 Å². The Kier molecular flexibility index (Phi) is 2.49. The van der Waals surface area contributed by atoms with Gasteiger partial charge < -0.3 is 15.5 Å². The molecule has 18 heavy (non-hydrogen) atoms. The van der Waals surface area contributed by atoms with E-state index in [4.69, 9.17) is 0 Å². The van der Waals surface area contributed by atoms with E-state index in [1.807, 2.05) is 31.3 Å². The number of phenols is 2. The molecule has 0 bridgehead atoms. The molecule has 2 aromatic rings. The quantitative estimate of drug-likeness (QED) is 0.673. The van der Waals surface area contributed by atoms with E-state index < -0.39 is 0 Å². The molecule has 0 spiro atoms. The zero-order valence-corrected chi connectivity index (χ0v) is 10.1. The van der Waals surface area contributed by atoms with E-state index in [1.165, 1.54) is 0 Å². The summed E-state index contributed by atoms with van der Waals surface area (Å²) in [7, 11) is 1.94. The molecule has 3 rings (SSSR count). The Labute approximate surface area is 106 Å². The van der Waals surface area contributed by atoms with Gasteiger partial charge in [-0.25, -0.2) is 0 Å². The van der Waals surface area contributed by atoms with Gasteiger partial charge in [-0.3, -0.25) is 0 Å². The summed E-state index contributed by atoms with van der Waals surface area (Å²) in [4.78, 5) is 0. The van der Waals surface area contributed by atoms with Crippen molar-refractivity contribution in [1.29, 1.82) is 0 Å². The van der Waals surface area contributed by atoms with Gasteiger partial charge in [-0.15, -0.1) is 0 Å². The molecule has 0 radical (unpaired) electrons. The molecule has 2 aromatic carbocycles. The van der Waals surface area contributed by atoms with Crippen molar-refractivity contribution < 1.29 is 10.2 Å². The lowest BCUT2D eigenvalue weighted by Gasteiger charge is -2.28. The molecule has 3 N–H and O–H groups in total. The van der Waals surface area contributed by atoms with E-state index in [-0.39, 0.29) is 17.5 Å². The van der Waals surface area contributed by atoms with Gasteiger partial charge in [0.05, 0.1) is 0 Å². The van der Waals surface area contributed by atoms with Crippen LogP contribution in [0.25, 0.3) is 11.1 Å². The van der Waals surface area contributed by atoms with E-state index >= 15 is 0 Å². The van der Waals surface area contributed by atoms with Gasteiger partial charge in [0.25, 0.3) is 0 Å². The molecule has 0 amide bonds. The Balaban J connectivity index is 2.30. The number of likely N-dealkylation sites (N-methyl/N-ethyl adjacent to an activating group) is 1. The lowest BCUT2D eigenvalue weighted by atomic mass is 9.82. The fourth-order valence-corrected chi connectivity index (χ4v) is 2.71. The minimum atomic E-state index is -0.0635. The largest absolute Gasteiger partial charge is 0.504 e. The number of rotatable bonds is 1. The van der Waals surface area contributed by atoms with Crippen molar-refractivity contribution in [1.82, 2.24) is 5.32 Å². The summed E-state index contributed by atoms with van der Waals surface area (Å²) in [6, 6.07) is 11.7. The predicted octanol–water partition coefficient (Wildman–Crippen LogP) is 2.58. The maximum Gasteiger partial charge on any atom is 0.165 e.